The second-order valence-corrected chi connectivity index (χ2v) is 4.33. The van der Waals surface area contributed by atoms with Gasteiger partial charge in [-0.25, -0.2) is 9.18 Å². The van der Waals surface area contributed by atoms with E-state index in [2.05, 4.69) is 21.2 Å². The van der Waals surface area contributed by atoms with Crippen molar-refractivity contribution in [2.24, 2.45) is 0 Å². The molecule has 2 N–H and O–H groups in total. The highest BCUT2D eigenvalue weighted by Crippen LogP contribution is 2.20. The van der Waals surface area contributed by atoms with Crippen LogP contribution in [-0.4, -0.2) is 17.0 Å². The number of amides is 1. The number of furan rings is 1. The fourth-order valence-electron chi connectivity index (χ4n) is 1.42. The van der Waals surface area contributed by atoms with Gasteiger partial charge in [0.1, 0.15) is 5.82 Å². The van der Waals surface area contributed by atoms with Gasteiger partial charge in [0.2, 0.25) is 0 Å². The highest BCUT2D eigenvalue weighted by molar-refractivity contribution is 9.10. The lowest BCUT2D eigenvalue weighted by Crippen LogP contribution is -2.14. The molecule has 0 aliphatic carbocycles. The summed E-state index contributed by atoms with van der Waals surface area (Å²) in [5.41, 5.74) is -0.342. The van der Waals surface area contributed by atoms with E-state index in [1.54, 1.807) is 0 Å². The second-order valence-electron chi connectivity index (χ2n) is 3.55. The topological polar surface area (TPSA) is 79.5 Å². The van der Waals surface area contributed by atoms with Gasteiger partial charge < -0.3 is 14.8 Å². The largest absolute Gasteiger partial charge is 0.478 e. The Kier molecular flexibility index (Phi) is 3.66. The maximum absolute atomic E-state index is 13.0. The summed E-state index contributed by atoms with van der Waals surface area (Å²) in [5.74, 6) is -2.65. The number of anilines is 1. The smallest absolute Gasteiger partial charge is 0.337 e. The fraction of sp³-hybridized carbons (Fsp3) is 0. The Morgan fingerprint density at radius 2 is 2.00 bits per heavy atom. The number of carboxylic acid groups (broad SMARTS) is 1. The molecule has 0 bridgehead atoms. The summed E-state index contributed by atoms with van der Waals surface area (Å²) in [6.07, 6.45) is 0. The number of carbonyl (C=O) groups excluding carboxylic acids is 1. The summed E-state index contributed by atoms with van der Waals surface area (Å²) in [6, 6.07) is 6.01. The van der Waals surface area contributed by atoms with E-state index < -0.39 is 17.7 Å². The van der Waals surface area contributed by atoms with Gasteiger partial charge in [-0.3, -0.25) is 4.79 Å². The first-order valence-corrected chi connectivity index (χ1v) is 5.86. The van der Waals surface area contributed by atoms with Crippen molar-refractivity contribution >= 4 is 33.5 Å². The van der Waals surface area contributed by atoms with Crippen molar-refractivity contribution in [1.82, 2.24) is 0 Å². The number of hydrogen-bond donors (Lipinski definition) is 2. The van der Waals surface area contributed by atoms with Gasteiger partial charge in [0.15, 0.2) is 10.4 Å². The van der Waals surface area contributed by atoms with E-state index in [0.717, 1.165) is 12.1 Å². The summed E-state index contributed by atoms with van der Waals surface area (Å²) in [7, 11) is 0. The van der Waals surface area contributed by atoms with Crippen LogP contribution in [-0.2, 0) is 0 Å². The Morgan fingerprint density at radius 1 is 1.26 bits per heavy atom. The van der Waals surface area contributed by atoms with Crippen molar-refractivity contribution in [2.45, 2.75) is 0 Å². The summed E-state index contributed by atoms with van der Waals surface area (Å²) in [6.45, 7) is 0. The molecule has 0 aliphatic rings. The molecule has 0 unspecified atom stereocenters. The number of carboxylic acids is 1. The monoisotopic (exact) mass is 327 g/mol. The number of aromatic carboxylic acids is 1. The highest BCUT2D eigenvalue weighted by Gasteiger charge is 2.16. The number of nitrogens with one attached hydrogen (secondary N) is 1. The molecule has 0 saturated carbocycles. The van der Waals surface area contributed by atoms with E-state index in [9.17, 15) is 14.0 Å². The van der Waals surface area contributed by atoms with E-state index in [-0.39, 0.29) is 17.0 Å². The molecular weight excluding hydrogens is 321 g/mol. The number of rotatable bonds is 3. The van der Waals surface area contributed by atoms with Crippen LogP contribution in [0.3, 0.4) is 0 Å². The maximum Gasteiger partial charge on any atom is 0.337 e. The van der Waals surface area contributed by atoms with Crippen LogP contribution in [0.25, 0.3) is 0 Å². The Labute approximate surface area is 115 Å². The van der Waals surface area contributed by atoms with Crippen LogP contribution < -0.4 is 5.32 Å². The maximum atomic E-state index is 13.0. The van der Waals surface area contributed by atoms with Crippen LogP contribution in [0.5, 0.6) is 0 Å². The molecule has 1 aromatic carbocycles. The van der Waals surface area contributed by atoms with Gasteiger partial charge in [-0.1, -0.05) is 0 Å². The predicted molar refractivity (Wildman–Crippen MR) is 67.7 cm³/mol. The van der Waals surface area contributed by atoms with Crippen LogP contribution in [0.2, 0.25) is 0 Å². The average molecular weight is 328 g/mol. The molecule has 5 nitrogen and oxygen atoms in total. The van der Waals surface area contributed by atoms with Crippen LogP contribution in [0.4, 0.5) is 10.1 Å². The van der Waals surface area contributed by atoms with Gasteiger partial charge in [-0.15, -0.1) is 0 Å². The summed E-state index contributed by atoms with van der Waals surface area (Å²) in [4.78, 5) is 22.7. The van der Waals surface area contributed by atoms with Crippen molar-refractivity contribution in [3.8, 4) is 0 Å². The van der Waals surface area contributed by atoms with Crippen molar-refractivity contribution in [3.63, 3.8) is 0 Å². The van der Waals surface area contributed by atoms with Crippen molar-refractivity contribution in [2.75, 3.05) is 5.32 Å². The van der Waals surface area contributed by atoms with Gasteiger partial charge in [0.05, 0.1) is 11.3 Å². The minimum absolute atomic E-state index is 0.00698. The van der Waals surface area contributed by atoms with E-state index in [1.165, 1.54) is 18.2 Å². The molecule has 1 amide bonds. The Hall–Kier alpha value is -2.15. The molecule has 1 heterocycles. The fourth-order valence-corrected chi connectivity index (χ4v) is 1.73. The van der Waals surface area contributed by atoms with Gasteiger partial charge in [-0.2, -0.15) is 0 Å². The lowest BCUT2D eigenvalue weighted by molar-refractivity contribution is 0.0697. The van der Waals surface area contributed by atoms with Gasteiger partial charge >= 0.3 is 5.97 Å². The normalized spacial score (nSPS) is 10.2. The third kappa shape index (κ3) is 3.00. The van der Waals surface area contributed by atoms with Crippen LogP contribution in [0.15, 0.2) is 39.4 Å². The summed E-state index contributed by atoms with van der Waals surface area (Å²) in [5, 5.41) is 11.3. The minimum atomic E-state index is -1.34. The van der Waals surface area contributed by atoms with E-state index in [4.69, 9.17) is 9.52 Å². The first kappa shape index (κ1) is 13.3. The third-order valence-corrected chi connectivity index (χ3v) is 2.68. The van der Waals surface area contributed by atoms with Crippen LogP contribution in [0, 0.1) is 5.82 Å². The first-order chi connectivity index (χ1) is 8.97. The molecule has 0 saturated heterocycles. The molecule has 98 valence electrons. The lowest BCUT2D eigenvalue weighted by Gasteiger charge is -2.07. The highest BCUT2D eigenvalue weighted by atomic mass is 79.9. The van der Waals surface area contributed by atoms with Crippen LogP contribution >= 0.6 is 15.9 Å². The SMILES string of the molecule is O=C(Nc1ccc(F)cc1C(=O)O)c1ccc(Br)o1. The minimum Gasteiger partial charge on any atom is -0.478 e. The quantitative estimate of drug-likeness (QED) is 0.907. The molecule has 0 atom stereocenters. The van der Waals surface area contributed by atoms with Gasteiger partial charge in [-0.05, 0) is 46.3 Å². The van der Waals surface area contributed by atoms with E-state index in [0.29, 0.717) is 4.67 Å². The molecular formula is C12H7BrFNO4. The molecule has 2 rings (SSSR count). The average Bonchev–Trinajstić information content (AvgIpc) is 2.78. The third-order valence-electron chi connectivity index (χ3n) is 2.26. The number of hydrogen-bond acceptors (Lipinski definition) is 3. The molecule has 2 aromatic rings. The Balaban J connectivity index is 2.28. The van der Waals surface area contributed by atoms with Crippen molar-refractivity contribution in [1.29, 1.82) is 0 Å². The van der Waals surface area contributed by atoms with Crippen molar-refractivity contribution in [3.05, 3.63) is 52.1 Å². The second kappa shape index (κ2) is 5.23. The first-order valence-electron chi connectivity index (χ1n) is 5.07. The van der Waals surface area contributed by atoms with Gasteiger partial charge in [0.25, 0.3) is 5.91 Å². The standard InChI is InChI=1S/C12H7BrFNO4/c13-10-4-3-9(19-10)11(16)15-8-2-1-6(14)5-7(8)12(17)18/h1-5H,(H,15,16)(H,17,18). The lowest BCUT2D eigenvalue weighted by atomic mass is 10.1. The molecule has 7 heteroatoms. The molecule has 0 radical (unpaired) electrons. The summed E-state index contributed by atoms with van der Waals surface area (Å²) < 4.78 is 18.4. The number of carbonyl (C=O) groups is 2. The summed E-state index contributed by atoms with van der Waals surface area (Å²) >= 11 is 3.04. The Morgan fingerprint density at radius 3 is 2.58 bits per heavy atom. The zero-order chi connectivity index (χ0) is 14.0. The molecule has 1 aromatic heterocycles. The zero-order valence-electron chi connectivity index (χ0n) is 9.31. The van der Waals surface area contributed by atoms with E-state index in [1.807, 2.05) is 0 Å². The van der Waals surface area contributed by atoms with Gasteiger partial charge in [0, 0.05) is 0 Å². The number of halogens is 2. The predicted octanol–water partition coefficient (Wildman–Crippen LogP) is 3.13. The molecule has 0 aliphatic heterocycles. The Bertz CT molecular complexity index is 653. The molecule has 19 heavy (non-hydrogen) atoms. The molecule has 0 spiro atoms. The van der Waals surface area contributed by atoms with Crippen LogP contribution in [0.1, 0.15) is 20.9 Å². The molecule has 0 fully saturated rings. The number of benzene rings is 1. The zero-order valence-corrected chi connectivity index (χ0v) is 10.9. The van der Waals surface area contributed by atoms with Crippen molar-refractivity contribution < 1.29 is 23.5 Å². The van der Waals surface area contributed by atoms with E-state index >= 15 is 0 Å².